The predicted molar refractivity (Wildman–Crippen MR) is 131 cm³/mol. The number of methoxy groups -OCH3 is 2. The van der Waals surface area contributed by atoms with E-state index in [-0.39, 0.29) is 23.0 Å². The van der Waals surface area contributed by atoms with Gasteiger partial charge in [-0.2, -0.15) is 0 Å². The fraction of sp³-hybridized carbons (Fsp3) is 0.167. The van der Waals surface area contributed by atoms with Gasteiger partial charge in [-0.15, -0.1) is 0 Å². The number of hydrogen-bond donors (Lipinski definition) is 0. The van der Waals surface area contributed by atoms with Crippen LogP contribution in [-0.2, 0) is 13.1 Å². The van der Waals surface area contributed by atoms with Gasteiger partial charge in [-0.1, -0.05) is 24.3 Å². The summed E-state index contributed by atoms with van der Waals surface area (Å²) >= 11 is 0. The van der Waals surface area contributed by atoms with Crippen molar-refractivity contribution < 1.29 is 19.3 Å². The molecule has 2 aromatic carbocycles. The summed E-state index contributed by atoms with van der Waals surface area (Å²) in [5, 5.41) is 23.2. The van der Waals surface area contributed by atoms with Gasteiger partial charge in [0, 0.05) is 0 Å². The monoisotopic (exact) mass is 490 g/mol. The highest BCUT2D eigenvalue weighted by Gasteiger charge is 2.23. The highest BCUT2D eigenvalue weighted by atomic mass is 16.6. The zero-order chi connectivity index (χ0) is 25.7. The zero-order valence-electron chi connectivity index (χ0n) is 19.5. The van der Waals surface area contributed by atoms with Gasteiger partial charge in [0.1, 0.15) is 22.9 Å². The van der Waals surface area contributed by atoms with Gasteiger partial charge in [-0.05, 0) is 67.4 Å². The molecule has 2 heterocycles. The molecule has 0 spiro atoms. The van der Waals surface area contributed by atoms with Crippen LogP contribution in [0.5, 0.6) is 11.5 Å². The second-order valence-electron chi connectivity index (χ2n) is 7.71. The molecule has 36 heavy (non-hydrogen) atoms. The Bertz CT molecular complexity index is 1300. The van der Waals surface area contributed by atoms with Gasteiger partial charge in [0.05, 0.1) is 27.3 Å². The molecular formula is C24H22N6O6. The topological polar surface area (TPSA) is 140 Å². The number of imidazole rings is 2. The first-order valence-corrected chi connectivity index (χ1v) is 10.7. The second kappa shape index (κ2) is 10.5. The Balaban J connectivity index is 1.68. The molecule has 0 aliphatic rings. The van der Waals surface area contributed by atoms with Crippen molar-refractivity contribution in [3.63, 3.8) is 0 Å². The summed E-state index contributed by atoms with van der Waals surface area (Å²) in [7, 11) is 3.13. The molecule has 0 fully saturated rings. The van der Waals surface area contributed by atoms with Gasteiger partial charge in [0.25, 0.3) is 0 Å². The number of hydrogen-bond acceptors (Lipinski definition) is 8. The molecule has 0 amide bonds. The van der Waals surface area contributed by atoms with Crippen LogP contribution < -0.4 is 9.47 Å². The fourth-order valence-electron chi connectivity index (χ4n) is 3.65. The van der Waals surface area contributed by atoms with Crippen LogP contribution in [-0.4, -0.2) is 43.2 Å². The smallest absolute Gasteiger partial charge is 0.389 e. The number of aromatic nitrogens is 4. The van der Waals surface area contributed by atoms with E-state index in [0.29, 0.717) is 24.6 Å². The Morgan fingerprint density at radius 2 is 1.08 bits per heavy atom. The van der Waals surface area contributed by atoms with E-state index in [4.69, 9.17) is 9.47 Å². The molecule has 12 nitrogen and oxygen atoms in total. The molecule has 0 N–H and O–H groups in total. The molecule has 0 saturated carbocycles. The molecule has 12 heteroatoms. The average molecular weight is 490 g/mol. The third-order valence-corrected chi connectivity index (χ3v) is 5.48. The Kier molecular flexibility index (Phi) is 7.04. The molecule has 4 rings (SSSR count). The largest absolute Gasteiger partial charge is 0.497 e. The highest BCUT2D eigenvalue weighted by Crippen LogP contribution is 2.25. The van der Waals surface area contributed by atoms with E-state index in [0.717, 1.165) is 11.1 Å². The minimum Gasteiger partial charge on any atom is -0.497 e. The molecule has 0 unspecified atom stereocenters. The van der Waals surface area contributed by atoms with Gasteiger partial charge in [0.15, 0.2) is 0 Å². The van der Waals surface area contributed by atoms with Crippen LogP contribution in [0.15, 0.2) is 61.2 Å². The third-order valence-electron chi connectivity index (χ3n) is 5.48. The summed E-state index contributed by atoms with van der Waals surface area (Å²) in [4.78, 5) is 29.9. The standard InChI is InChI=1S/C24H22N6O6/c1-35-19-7-3-17(4-8-19)13-27-15-25-23(29(31)32)21(27)11-12-22-24(30(33)34)26-16-28(22)14-18-5-9-20(36-2)10-6-18/h3-12,15-16H,13-14H2,1-2H3/b12-11+. The van der Waals surface area contributed by atoms with Crippen molar-refractivity contribution in [2.75, 3.05) is 14.2 Å². The lowest BCUT2D eigenvalue weighted by Gasteiger charge is -2.07. The lowest BCUT2D eigenvalue weighted by atomic mass is 10.2. The Hall–Kier alpha value is -5.00. The normalized spacial score (nSPS) is 11.1. The number of nitro groups is 2. The fourth-order valence-corrected chi connectivity index (χ4v) is 3.65. The zero-order valence-corrected chi connectivity index (χ0v) is 19.5. The van der Waals surface area contributed by atoms with E-state index in [1.54, 1.807) is 47.6 Å². The van der Waals surface area contributed by atoms with Crippen LogP contribution in [0.2, 0.25) is 0 Å². The molecular weight excluding hydrogens is 468 g/mol. The first-order valence-electron chi connectivity index (χ1n) is 10.7. The van der Waals surface area contributed by atoms with Crippen molar-refractivity contribution in [2.24, 2.45) is 0 Å². The van der Waals surface area contributed by atoms with Gasteiger partial charge >= 0.3 is 11.6 Å². The third kappa shape index (κ3) is 5.22. The summed E-state index contributed by atoms with van der Waals surface area (Å²) in [5.74, 6) is 0.660. The minimum atomic E-state index is -0.590. The quantitative estimate of drug-likeness (QED) is 0.238. The molecule has 0 aliphatic heterocycles. The summed E-state index contributed by atoms with van der Waals surface area (Å²) in [6, 6.07) is 14.5. The van der Waals surface area contributed by atoms with E-state index in [9.17, 15) is 20.2 Å². The van der Waals surface area contributed by atoms with Crippen LogP contribution in [0.3, 0.4) is 0 Å². The number of benzene rings is 2. The minimum absolute atomic E-state index is 0.197. The Morgan fingerprint density at radius 1 is 0.722 bits per heavy atom. The van der Waals surface area contributed by atoms with Crippen molar-refractivity contribution in [3.05, 3.63) is 104 Å². The summed E-state index contributed by atoms with van der Waals surface area (Å²) in [6.07, 6.45) is 5.63. The molecule has 2 aromatic heterocycles. The maximum absolute atomic E-state index is 11.6. The average Bonchev–Trinajstić information content (AvgIpc) is 3.47. The van der Waals surface area contributed by atoms with Gasteiger partial charge in [-0.3, -0.25) is 9.13 Å². The molecule has 0 saturated heterocycles. The summed E-state index contributed by atoms with van der Waals surface area (Å²) in [5.41, 5.74) is 2.13. The van der Waals surface area contributed by atoms with Gasteiger partial charge < -0.3 is 29.7 Å². The van der Waals surface area contributed by atoms with E-state index in [2.05, 4.69) is 9.97 Å². The summed E-state index contributed by atoms with van der Waals surface area (Å²) in [6.45, 7) is 0.607. The van der Waals surface area contributed by atoms with Crippen LogP contribution in [0.1, 0.15) is 22.5 Å². The maximum Gasteiger partial charge on any atom is 0.389 e. The molecule has 184 valence electrons. The van der Waals surface area contributed by atoms with E-state index >= 15 is 0 Å². The van der Waals surface area contributed by atoms with Crippen LogP contribution in [0.4, 0.5) is 11.6 Å². The van der Waals surface area contributed by atoms with Crippen molar-refractivity contribution in [3.8, 4) is 11.5 Å². The van der Waals surface area contributed by atoms with E-state index in [1.165, 1.54) is 24.8 Å². The number of ether oxygens (including phenoxy) is 2. The van der Waals surface area contributed by atoms with Crippen LogP contribution in [0, 0.1) is 20.2 Å². The molecule has 4 aromatic rings. The molecule has 0 aliphatic carbocycles. The van der Waals surface area contributed by atoms with Gasteiger partial charge in [-0.25, -0.2) is 0 Å². The lowest BCUT2D eigenvalue weighted by Crippen LogP contribution is -2.03. The number of nitrogens with zero attached hydrogens (tertiary/aromatic N) is 6. The summed E-state index contributed by atoms with van der Waals surface area (Å²) < 4.78 is 13.5. The van der Waals surface area contributed by atoms with Crippen molar-refractivity contribution in [1.82, 2.24) is 19.1 Å². The molecule has 0 radical (unpaired) electrons. The van der Waals surface area contributed by atoms with Crippen LogP contribution >= 0.6 is 0 Å². The van der Waals surface area contributed by atoms with Crippen molar-refractivity contribution in [2.45, 2.75) is 13.1 Å². The first kappa shape index (κ1) is 24.1. The first-order chi connectivity index (χ1) is 17.4. The Labute approximate surface area is 205 Å². The highest BCUT2D eigenvalue weighted by molar-refractivity contribution is 5.73. The second-order valence-corrected chi connectivity index (χ2v) is 7.71. The van der Waals surface area contributed by atoms with Crippen molar-refractivity contribution in [1.29, 1.82) is 0 Å². The van der Waals surface area contributed by atoms with E-state index in [1.807, 2.05) is 24.3 Å². The maximum atomic E-state index is 11.6. The van der Waals surface area contributed by atoms with Crippen LogP contribution in [0.25, 0.3) is 12.2 Å². The lowest BCUT2D eigenvalue weighted by molar-refractivity contribution is -0.389. The number of rotatable bonds is 10. The SMILES string of the molecule is COc1ccc(Cn2cnc([N+](=O)[O-])c2/C=C/c2c([N+](=O)[O-])ncn2Cc2ccc(OC)cc2)cc1. The molecule has 0 bridgehead atoms. The molecule has 0 atom stereocenters. The Morgan fingerprint density at radius 3 is 1.39 bits per heavy atom. The van der Waals surface area contributed by atoms with E-state index < -0.39 is 9.85 Å². The van der Waals surface area contributed by atoms with Crippen molar-refractivity contribution >= 4 is 23.8 Å². The predicted octanol–water partition coefficient (Wildman–Crippen LogP) is 4.18. The van der Waals surface area contributed by atoms with Gasteiger partial charge in [0.2, 0.25) is 12.7 Å².